The van der Waals surface area contributed by atoms with Crippen LogP contribution in [0.25, 0.3) is 0 Å². The van der Waals surface area contributed by atoms with Gasteiger partial charge in [-0.3, -0.25) is 0 Å². The fraction of sp³-hybridized carbons (Fsp3) is 0.235. The zero-order chi connectivity index (χ0) is 14.4. The van der Waals surface area contributed by atoms with Crippen LogP contribution in [0.2, 0.25) is 0 Å². The van der Waals surface area contributed by atoms with E-state index in [9.17, 15) is 0 Å². The topological polar surface area (TPSA) is 53.0 Å². The molecule has 0 unspecified atom stereocenters. The standard InChI is InChI=1S/C17H19N3/c1-20(10-9-14-5-7-17(19)8-6-14)13-16-4-2-3-15(11-16)12-18/h2-8,11H,9-10,13,19H2,1H3. The van der Waals surface area contributed by atoms with E-state index in [4.69, 9.17) is 11.0 Å². The molecule has 3 nitrogen and oxygen atoms in total. The fourth-order valence-electron chi connectivity index (χ4n) is 2.13. The van der Waals surface area contributed by atoms with Crippen LogP contribution in [-0.2, 0) is 13.0 Å². The summed E-state index contributed by atoms with van der Waals surface area (Å²) in [6.45, 7) is 1.82. The van der Waals surface area contributed by atoms with Crippen LogP contribution in [-0.4, -0.2) is 18.5 Å². The van der Waals surface area contributed by atoms with E-state index in [0.717, 1.165) is 30.8 Å². The average Bonchev–Trinajstić information content (AvgIpc) is 2.47. The van der Waals surface area contributed by atoms with Gasteiger partial charge in [0.1, 0.15) is 0 Å². The molecule has 2 aromatic carbocycles. The van der Waals surface area contributed by atoms with E-state index in [2.05, 4.69) is 36.2 Å². The van der Waals surface area contributed by atoms with Crippen molar-refractivity contribution in [2.75, 3.05) is 19.3 Å². The van der Waals surface area contributed by atoms with Crippen molar-refractivity contribution in [2.45, 2.75) is 13.0 Å². The molecule has 0 atom stereocenters. The Hall–Kier alpha value is -2.31. The first-order valence-electron chi connectivity index (χ1n) is 6.69. The predicted molar refractivity (Wildman–Crippen MR) is 82.0 cm³/mol. The van der Waals surface area contributed by atoms with Crippen LogP contribution in [0, 0.1) is 11.3 Å². The number of rotatable bonds is 5. The van der Waals surface area contributed by atoms with E-state index in [1.807, 2.05) is 30.3 Å². The smallest absolute Gasteiger partial charge is 0.0991 e. The lowest BCUT2D eigenvalue weighted by Gasteiger charge is -2.16. The molecule has 0 amide bonds. The maximum Gasteiger partial charge on any atom is 0.0991 e. The number of likely N-dealkylation sites (N-methyl/N-ethyl adjacent to an activating group) is 1. The lowest BCUT2D eigenvalue weighted by atomic mass is 10.1. The van der Waals surface area contributed by atoms with Crippen LogP contribution < -0.4 is 5.73 Å². The maximum absolute atomic E-state index is 8.90. The number of nitrogens with zero attached hydrogens (tertiary/aromatic N) is 2. The van der Waals surface area contributed by atoms with Gasteiger partial charge in [0.2, 0.25) is 0 Å². The summed E-state index contributed by atoms with van der Waals surface area (Å²) < 4.78 is 0. The van der Waals surface area contributed by atoms with Crippen LogP contribution in [0.4, 0.5) is 5.69 Å². The molecule has 0 heterocycles. The van der Waals surface area contributed by atoms with Gasteiger partial charge in [-0.05, 0) is 48.9 Å². The van der Waals surface area contributed by atoms with Crippen molar-refractivity contribution in [3.63, 3.8) is 0 Å². The van der Waals surface area contributed by atoms with Crippen LogP contribution >= 0.6 is 0 Å². The van der Waals surface area contributed by atoms with Gasteiger partial charge in [0.05, 0.1) is 11.6 Å². The molecule has 3 heteroatoms. The molecule has 0 fully saturated rings. The van der Waals surface area contributed by atoms with Crippen LogP contribution in [0.1, 0.15) is 16.7 Å². The molecular formula is C17H19N3. The minimum Gasteiger partial charge on any atom is -0.399 e. The molecule has 0 saturated heterocycles. The van der Waals surface area contributed by atoms with E-state index in [1.165, 1.54) is 11.1 Å². The number of hydrogen-bond acceptors (Lipinski definition) is 3. The monoisotopic (exact) mass is 265 g/mol. The van der Waals surface area contributed by atoms with Crippen molar-refractivity contribution in [3.8, 4) is 6.07 Å². The van der Waals surface area contributed by atoms with Crippen LogP contribution in [0.3, 0.4) is 0 Å². The Labute approximate surface area is 120 Å². The highest BCUT2D eigenvalue weighted by Gasteiger charge is 2.02. The zero-order valence-corrected chi connectivity index (χ0v) is 11.7. The summed E-state index contributed by atoms with van der Waals surface area (Å²) in [7, 11) is 2.09. The van der Waals surface area contributed by atoms with Gasteiger partial charge in [0.25, 0.3) is 0 Å². The quantitative estimate of drug-likeness (QED) is 0.846. The molecule has 0 saturated carbocycles. The first kappa shape index (κ1) is 14.1. The fourth-order valence-corrected chi connectivity index (χ4v) is 2.13. The first-order valence-corrected chi connectivity index (χ1v) is 6.69. The minimum absolute atomic E-state index is 0.717. The van der Waals surface area contributed by atoms with Crippen molar-refractivity contribution in [2.24, 2.45) is 0 Å². The summed E-state index contributed by atoms with van der Waals surface area (Å²) in [6, 6.07) is 17.9. The van der Waals surface area contributed by atoms with E-state index in [-0.39, 0.29) is 0 Å². The molecule has 2 N–H and O–H groups in total. The molecule has 2 aromatic rings. The van der Waals surface area contributed by atoms with Crippen molar-refractivity contribution in [1.82, 2.24) is 4.90 Å². The Bertz CT molecular complexity index is 596. The minimum atomic E-state index is 0.717. The predicted octanol–water partition coefficient (Wildman–Crippen LogP) is 2.81. The van der Waals surface area contributed by atoms with Gasteiger partial charge < -0.3 is 10.6 Å². The molecular weight excluding hydrogens is 246 g/mol. The molecule has 0 spiro atoms. The molecule has 2 rings (SSSR count). The summed E-state index contributed by atoms with van der Waals surface area (Å²) in [5, 5.41) is 8.90. The van der Waals surface area contributed by atoms with Crippen LogP contribution in [0.5, 0.6) is 0 Å². The highest BCUT2D eigenvalue weighted by atomic mass is 15.1. The number of hydrogen-bond donors (Lipinski definition) is 1. The lowest BCUT2D eigenvalue weighted by Crippen LogP contribution is -2.20. The van der Waals surface area contributed by atoms with Crippen LogP contribution in [0.15, 0.2) is 48.5 Å². The largest absolute Gasteiger partial charge is 0.399 e. The van der Waals surface area contributed by atoms with Crippen molar-refractivity contribution in [1.29, 1.82) is 5.26 Å². The summed E-state index contributed by atoms with van der Waals surface area (Å²) in [5.74, 6) is 0. The van der Waals surface area contributed by atoms with Gasteiger partial charge in [0.15, 0.2) is 0 Å². The Morgan fingerprint density at radius 3 is 2.55 bits per heavy atom. The second-order valence-corrected chi connectivity index (χ2v) is 5.04. The van der Waals surface area contributed by atoms with Gasteiger partial charge in [-0.25, -0.2) is 0 Å². The van der Waals surface area contributed by atoms with Crippen molar-refractivity contribution < 1.29 is 0 Å². The average molecular weight is 265 g/mol. The SMILES string of the molecule is CN(CCc1ccc(N)cc1)Cc1cccc(C#N)c1. The number of anilines is 1. The number of nitrogens with two attached hydrogens (primary N) is 1. The third kappa shape index (κ3) is 4.11. The van der Waals surface area contributed by atoms with Gasteiger partial charge in [-0.2, -0.15) is 5.26 Å². The van der Waals surface area contributed by atoms with E-state index in [1.54, 1.807) is 0 Å². The van der Waals surface area contributed by atoms with Gasteiger partial charge in [0, 0.05) is 18.8 Å². The molecule has 0 aliphatic carbocycles. The zero-order valence-electron chi connectivity index (χ0n) is 11.7. The Balaban J connectivity index is 1.87. The lowest BCUT2D eigenvalue weighted by molar-refractivity contribution is 0.331. The Morgan fingerprint density at radius 1 is 1.10 bits per heavy atom. The van der Waals surface area contributed by atoms with E-state index < -0.39 is 0 Å². The second kappa shape index (κ2) is 6.74. The second-order valence-electron chi connectivity index (χ2n) is 5.04. The highest BCUT2D eigenvalue weighted by Crippen LogP contribution is 2.09. The molecule has 0 aliphatic heterocycles. The molecule has 0 bridgehead atoms. The first-order chi connectivity index (χ1) is 9.67. The summed E-state index contributed by atoms with van der Waals surface area (Å²) in [5.41, 5.74) is 9.65. The number of nitrogen functional groups attached to an aromatic ring is 1. The summed E-state index contributed by atoms with van der Waals surface area (Å²) in [4.78, 5) is 2.26. The Kier molecular flexibility index (Phi) is 4.75. The Morgan fingerprint density at radius 2 is 1.85 bits per heavy atom. The van der Waals surface area contributed by atoms with Crippen molar-refractivity contribution in [3.05, 3.63) is 65.2 Å². The molecule has 20 heavy (non-hydrogen) atoms. The van der Waals surface area contributed by atoms with E-state index >= 15 is 0 Å². The number of benzene rings is 2. The van der Waals surface area contributed by atoms with Gasteiger partial charge in [-0.15, -0.1) is 0 Å². The van der Waals surface area contributed by atoms with E-state index in [0.29, 0.717) is 0 Å². The molecule has 0 aliphatic rings. The van der Waals surface area contributed by atoms with Crippen molar-refractivity contribution >= 4 is 5.69 Å². The molecule has 0 radical (unpaired) electrons. The maximum atomic E-state index is 8.90. The highest BCUT2D eigenvalue weighted by molar-refractivity contribution is 5.39. The van der Waals surface area contributed by atoms with Gasteiger partial charge >= 0.3 is 0 Å². The van der Waals surface area contributed by atoms with Gasteiger partial charge in [-0.1, -0.05) is 24.3 Å². The third-order valence-corrected chi connectivity index (χ3v) is 3.27. The third-order valence-electron chi connectivity index (χ3n) is 3.27. The normalized spacial score (nSPS) is 10.4. The molecule has 0 aromatic heterocycles. The summed E-state index contributed by atoms with van der Waals surface area (Å²) in [6.07, 6.45) is 0.995. The summed E-state index contributed by atoms with van der Waals surface area (Å²) >= 11 is 0. The molecule has 102 valence electrons. The number of nitriles is 1.